The van der Waals surface area contributed by atoms with Gasteiger partial charge in [-0.25, -0.2) is 9.50 Å². The molecule has 0 saturated carbocycles. The van der Waals surface area contributed by atoms with Crippen molar-refractivity contribution in [2.45, 2.75) is 26.2 Å². The van der Waals surface area contributed by atoms with Gasteiger partial charge in [0.05, 0.1) is 0 Å². The SMILES string of the molecule is CC(C)(C)c1nc2cc(N)ccn2n1. The molecule has 0 atom stereocenters. The summed E-state index contributed by atoms with van der Waals surface area (Å²) in [4.78, 5) is 4.42. The van der Waals surface area contributed by atoms with Crippen molar-refractivity contribution in [3.05, 3.63) is 24.2 Å². The van der Waals surface area contributed by atoms with Gasteiger partial charge in [0, 0.05) is 23.4 Å². The Balaban J connectivity index is 2.63. The zero-order valence-electron chi connectivity index (χ0n) is 8.65. The van der Waals surface area contributed by atoms with Gasteiger partial charge in [0.25, 0.3) is 0 Å². The molecule has 0 aliphatic rings. The lowest BCUT2D eigenvalue weighted by atomic mass is 9.96. The lowest BCUT2D eigenvalue weighted by molar-refractivity contribution is 0.545. The Morgan fingerprint density at radius 3 is 2.71 bits per heavy atom. The summed E-state index contributed by atoms with van der Waals surface area (Å²) >= 11 is 0. The molecule has 0 amide bonds. The molecule has 2 aromatic heterocycles. The van der Waals surface area contributed by atoms with E-state index < -0.39 is 0 Å². The van der Waals surface area contributed by atoms with Gasteiger partial charge < -0.3 is 5.73 Å². The fraction of sp³-hybridized carbons (Fsp3) is 0.400. The molecule has 0 spiro atoms. The van der Waals surface area contributed by atoms with Crippen molar-refractivity contribution in [3.63, 3.8) is 0 Å². The molecule has 74 valence electrons. The molecular formula is C10H14N4. The summed E-state index contributed by atoms with van der Waals surface area (Å²) in [6.45, 7) is 6.27. The number of pyridine rings is 1. The monoisotopic (exact) mass is 190 g/mol. The Morgan fingerprint density at radius 1 is 1.36 bits per heavy atom. The number of nitrogens with two attached hydrogens (primary N) is 1. The predicted molar refractivity (Wildman–Crippen MR) is 56.1 cm³/mol. The van der Waals surface area contributed by atoms with Crippen LogP contribution in [0.1, 0.15) is 26.6 Å². The minimum Gasteiger partial charge on any atom is -0.399 e. The molecule has 0 aliphatic carbocycles. The molecule has 0 bridgehead atoms. The summed E-state index contributed by atoms with van der Waals surface area (Å²) in [7, 11) is 0. The highest BCUT2D eigenvalue weighted by Gasteiger charge is 2.19. The fourth-order valence-electron chi connectivity index (χ4n) is 1.22. The van der Waals surface area contributed by atoms with Crippen LogP contribution in [0.5, 0.6) is 0 Å². The van der Waals surface area contributed by atoms with Crippen molar-refractivity contribution >= 4 is 11.3 Å². The van der Waals surface area contributed by atoms with Crippen LogP contribution in [0.4, 0.5) is 5.69 Å². The Labute approximate surface area is 82.8 Å². The lowest BCUT2D eigenvalue weighted by Gasteiger charge is -2.11. The van der Waals surface area contributed by atoms with Crippen LogP contribution in [0.2, 0.25) is 0 Å². The van der Waals surface area contributed by atoms with Crippen molar-refractivity contribution in [1.29, 1.82) is 0 Å². The summed E-state index contributed by atoms with van der Waals surface area (Å²) in [6.07, 6.45) is 1.83. The van der Waals surface area contributed by atoms with Crippen LogP contribution in [0.25, 0.3) is 5.65 Å². The van der Waals surface area contributed by atoms with Crippen LogP contribution in [-0.2, 0) is 5.41 Å². The third-order valence-electron chi connectivity index (χ3n) is 2.03. The molecular weight excluding hydrogens is 176 g/mol. The highest BCUT2D eigenvalue weighted by atomic mass is 15.3. The highest BCUT2D eigenvalue weighted by Crippen LogP contribution is 2.19. The molecule has 0 radical (unpaired) electrons. The van der Waals surface area contributed by atoms with Gasteiger partial charge in [0.2, 0.25) is 0 Å². The first-order valence-corrected chi connectivity index (χ1v) is 4.59. The van der Waals surface area contributed by atoms with E-state index in [0.717, 1.165) is 11.5 Å². The first-order chi connectivity index (χ1) is 6.47. The van der Waals surface area contributed by atoms with Gasteiger partial charge in [-0.05, 0) is 6.07 Å². The van der Waals surface area contributed by atoms with Crippen LogP contribution in [0.15, 0.2) is 18.3 Å². The van der Waals surface area contributed by atoms with E-state index in [-0.39, 0.29) is 5.41 Å². The van der Waals surface area contributed by atoms with Crippen LogP contribution in [0, 0.1) is 0 Å². The van der Waals surface area contributed by atoms with Crippen molar-refractivity contribution < 1.29 is 0 Å². The molecule has 0 aliphatic heterocycles. The van der Waals surface area contributed by atoms with Crippen molar-refractivity contribution in [3.8, 4) is 0 Å². The van der Waals surface area contributed by atoms with E-state index in [4.69, 9.17) is 5.73 Å². The lowest BCUT2D eigenvalue weighted by Crippen LogP contribution is -2.13. The molecule has 4 heteroatoms. The number of hydrogen-bond donors (Lipinski definition) is 1. The smallest absolute Gasteiger partial charge is 0.157 e. The second kappa shape index (κ2) is 2.70. The zero-order valence-corrected chi connectivity index (χ0v) is 8.65. The molecule has 0 saturated heterocycles. The Morgan fingerprint density at radius 2 is 2.07 bits per heavy atom. The number of anilines is 1. The van der Waals surface area contributed by atoms with Gasteiger partial charge in [-0.15, -0.1) is 0 Å². The first kappa shape index (κ1) is 8.99. The molecule has 0 fully saturated rings. The fourth-order valence-corrected chi connectivity index (χ4v) is 1.22. The largest absolute Gasteiger partial charge is 0.399 e. The van der Waals surface area contributed by atoms with Crippen molar-refractivity contribution in [2.24, 2.45) is 0 Å². The molecule has 14 heavy (non-hydrogen) atoms. The standard InChI is InChI=1S/C10H14N4/c1-10(2,3)9-12-8-6-7(11)4-5-14(8)13-9/h4-6H,11H2,1-3H3. The zero-order chi connectivity index (χ0) is 10.3. The van der Waals surface area contributed by atoms with E-state index in [1.807, 2.05) is 18.3 Å². The maximum Gasteiger partial charge on any atom is 0.157 e. The van der Waals surface area contributed by atoms with Crippen LogP contribution < -0.4 is 5.73 Å². The summed E-state index contributed by atoms with van der Waals surface area (Å²) in [5.41, 5.74) is 7.15. The topological polar surface area (TPSA) is 56.2 Å². The van der Waals surface area contributed by atoms with E-state index >= 15 is 0 Å². The number of nitrogen functional groups attached to an aromatic ring is 1. The van der Waals surface area contributed by atoms with Gasteiger partial charge in [0.15, 0.2) is 11.5 Å². The number of nitrogens with zero attached hydrogens (tertiary/aromatic N) is 3. The average Bonchev–Trinajstić information content (AvgIpc) is 2.45. The molecule has 0 unspecified atom stereocenters. The van der Waals surface area contributed by atoms with Crippen LogP contribution >= 0.6 is 0 Å². The molecule has 0 aromatic carbocycles. The van der Waals surface area contributed by atoms with E-state index in [2.05, 4.69) is 30.9 Å². The quantitative estimate of drug-likeness (QED) is 0.686. The van der Waals surface area contributed by atoms with Gasteiger partial charge >= 0.3 is 0 Å². The van der Waals surface area contributed by atoms with E-state index in [0.29, 0.717) is 5.69 Å². The van der Waals surface area contributed by atoms with E-state index in [1.54, 1.807) is 4.52 Å². The van der Waals surface area contributed by atoms with E-state index in [9.17, 15) is 0 Å². The number of aromatic nitrogens is 3. The van der Waals surface area contributed by atoms with Crippen LogP contribution in [0.3, 0.4) is 0 Å². The maximum atomic E-state index is 5.66. The second-order valence-electron chi connectivity index (χ2n) is 4.45. The average molecular weight is 190 g/mol. The number of fused-ring (bicyclic) bond motifs is 1. The van der Waals surface area contributed by atoms with Gasteiger partial charge in [-0.3, -0.25) is 0 Å². The number of rotatable bonds is 0. The van der Waals surface area contributed by atoms with Gasteiger partial charge in [0.1, 0.15) is 0 Å². The summed E-state index contributed by atoms with van der Waals surface area (Å²) < 4.78 is 1.75. The first-order valence-electron chi connectivity index (χ1n) is 4.59. The van der Waals surface area contributed by atoms with E-state index in [1.165, 1.54) is 0 Å². The number of hydrogen-bond acceptors (Lipinski definition) is 3. The Hall–Kier alpha value is -1.58. The molecule has 2 N–H and O–H groups in total. The summed E-state index contributed by atoms with van der Waals surface area (Å²) in [5.74, 6) is 0.836. The third-order valence-corrected chi connectivity index (χ3v) is 2.03. The highest BCUT2D eigenvalue weighted by molar-refractivity contribution is 5.50. The molecule has 2 aromatic rings. The Bertz CT molecular complexity index is 464. The molecule has 2 heterocycles. The minimum atomic E-state index is -0.0270. The third kappa shape index (κ3) is 1.43. The predicted octanol–water partition coefficient (Wildman–Crippen LogP) is 1.61. The van der Waals surface area contributed by atoms with Crippen molar-refractivity contribution in [2.75, 3.05) is 5.73 Å². The van der Waals surface area contributed by atoms with Gasteiger partial charge in [-0.2, -0.15) is 5.10 Å². The molecule has 4 nitrogen and oxygen atoms in total. The normalized spacial score (nSPS) is 12.2. The second-order valence-corrected chi connectivity index (χ2v) is 4.45. The molecule has 2 rings (SSSR count). The summed E-state index contributed by atoms with van der Waals surface area (Å²) in [5, 5.41) is 4.38. The van der Waals surface area contributed by atoms with Gasteiger partial charge in [-0.1, -0.05) is 20.8 Å². The van der Waals surface area contributed by atoms with Crippen molar-refractivity contribution in [1.82, 2.24) is 14.6 Å². The summed E-state index contributed by atoms with van der Waals surface area (Å²) in [6, 6.07) is 3.64. The minimum absolute atomic E-state index is 0.0270. The van der Waals surface area contributed by atoms with Crippen LogP contribution in [-0.4, -0.2) is 14.6 Å². The maximum absolute atomic E-state index is 5.66. The Kier molecular flexibility index (Phi) is 1.74.